The largest absolute Gasteiger partial charge is 0.508 e. The van der Waals surface area contributed by atoms with Crippen molar-refractivity contribution in [1.82, 2.24) is 15.5 Å². The normalized spacial score (nSPS) is 12.9. The molecule has 3 N–H and O–H groups in total. The molecule has 40 heavy (non-hydrogen) atoms. The van der Waals surface area contributed by atoms with Crippen molar-refractivity contribution in [3.63, 3.8) is 0 Å². The van der Waals surface area contributed by atoms with Crippen LogP contribution in [0.3, 0.4) is 0 Å². The minimum Gasteiger partial charge on any atom is -0.508 e. The predicted molar refractivity (Wildman–Crippen MR) is 158 cm³/mol. The van der Waals surface area contributed by atoms with Gasteiger partial charge in [0.15, 0.2) is 0 Å². The van der Waals surface area contributed by atoms with Crippen LogP contribution in [0.4, 0.5) is 4.79 Å². The Bertz CT molecular complexity index is 1140. The molecule has 0 fully saturated rings. The molecule has 3 amide bonds. The van der Waals surface area contributed by atoms with Gasteiger partial charge in [0.1, 0.15) is 23.4 Å². The van der Waals surface area contributed by atoms with Crippen molar-refractivity contribution in [2.45, 2.75) is 105 Å². The van der Waals surface area contributed by atoms with Gasteiger partial charge in [-0.25, -0.2) is 4.79 Å². The maximum Gasteiger partial charge on any atom is 0.408 e. The number of carbonyl (C=O) groups is 3. The molecule has 2 aromatic carbocycles. The molecule has 0 spiro atoms. The molecule has 0 heterocycles. The van der Waals surface area contributed by atoms with Crippen molar-refractivity contribution in [2.75, 3.05) is 6.54 Å². The third-order valence-electron chi connectivity index (χ3n) is 6.63. The zero-order valence-electron chi connectivity index (χ0n) is 25.3. The highest BCUT2D eigenvalue weighted by atomic mass is 16.6. The molecule has 2 rings (SSSR count). The van der Waals surface area contributed by atoms with Crippen molar-refractivity contribution >= 4 is 17.9 Å². The molecular formula is C32H47N3O5. The van der Waals surface area contributed by atoms with E-state index < -0.39 is 29.7 Å². The standard InChI is InChI=1S/C32H47N3O5/c1-9-10-11-18-33-29(37)28(25-15-12-22(4)23(5)19-25)35(21(2)3)30(38)27(34-31(39)40-32(6,7)8)20-24-13-16-26(36)17-14-24/h12-17,19,21,27-28,36H,9-11,18,20H2,1-8H3,(H,33,37)(H,34,39). The number of amides is 3. The molecule has 0 aliphatic rings. The predicted octanol–water partition coefficient (Wildman–Crippen LogP) is 5.73. The van der Waals surface area contributed by atoms with Crippen molar-refractivity contribution < 1.29 is 24.2 Å². The van der Waals surface area contributed by atoms with Crippen LogP contribution >= 0.6 is 0 Å². The van der Waals surface area contributed by atoms with Crippen molar-refractivity contribution in [3.8, 4) is 5.75 Å². The summed E-state index contributed by atoms with van der Waals surface area (Å²) in [5.41, 5.74) is 2.80. The van der Waals surface area contributed by atoms with Crippen molar-refractivity contribution in [1.29, 1.82) is 0 Å². The van der Waals surface area contributed by atoms with Crippen LogP contribution in [0, 0.1) is 13.8 Å². The summed E-state index contributed by atoms with van der Waals surface area (Å²) in [5, 5.41) is 15.5. The molecule has 0 aliphatic carbocycles. The molecule has 0 saturated carbocycles. The van der Waals surface area contributed by atoms with E-state index in [1.54, 1.807) is 37.8 Å². The molecule has 0 radical (unpaired) electrons. The number of unbranched alkanes of at least 4 members (excludes halogenated alkanes) is 2. The lowest BCUT2D eigenvalue weighted by Crippen LogP contribution is -2.55. The number of nitrogens with one attached hydrogen (secondary N) is 2. The molecule has 2 aromatic rings. The van der Waals surface area contributed by atoms with Crippen molar-refractivity contribution in [3.05, 3.63) is 64.7 Å². The number of phenolic OH excluding ortho intramolecular Hbond substituents is 1. The quantitative estimate of drug-likeness (QED) is 0.291. The summed E-state index contributed by atoms with van der Waals surface area (Å²) in [6, 6.07) is 10.0. The second-order valence-corrected chi connectivity index (χ2v) is 11.7. The molecule has 220 valence electrons. The number of alkyl carbamates (subject to hydrolysis) is 1. The van der Waals surface area contributed by atoms with Crippen LogP contribution in [0.1, 0.15) is 89.1 Å². The van der Waals surface area contributed by atoms with Gasteiger partial charge in [-0.05, 0) is 89.3 Å². The van der Waals surface area contributed by atoms with Crippen LogP contribution in [0.5, 0.6) is 5.75 Å². The maximum absolute atomic E-state index is 14.3. The van der Waals surface area contributed by atoms with Gasteiger partial charge in [-0.3, -0.25) is 9.59 Å². The van der Waals surface area contributed by atoms with Crippen LogP contribution in [-0.2, 0) is 20.7 Å². The van der Waals surface area contributed by atoms with Crippen LogP contribution in [0.25, 0.3) is 0 Å². The van der Waals surface area contributed by atoms with Gasteiger partial charge in [0, 0.05) is 19.0 Å². The van der Waals surface area contributed by atoms with E-state index in [1.807, 2.05) is 45.9 Å². The molecular weight excluding hydrogens is 506 g/mol. The number of benzene rings is 2. The molecule has 2 unspecified atom stereocenters. The van der Waals surface area contributed by atoms with Gasteiger partial charge in [-0.2, -0.15) is 0 Å². The first-order chi connectivity index (χ1) is 18.7. The van der Waals surface area contributed by atoms with Gasteiger partial charge in [0.2, 0.25) is 11.8 Å². The van der Waals surface area contributed by atoms with Crippen LogP contribution in [0.15, 0.2) is 42.5 Å². The number of hydrogen-bond acceptors (Lipinski definition) is 5. The summed E-state index contributed by atoms with van der Waals surface area (Å²) in [7, 11) is 0. The van der Waals surface area contributed by atoms with Crippen LogP contribution in [-0.4, -0.2) is 52.1 Å². The number of carbonyl (C=O) groups excluding carboxylic acids is 3. The molecule has 8 heteroatoms. The number of aryl methyl sites for hydroxylation is 2. The Morgan fingerprint density at radius 3 is 2.17 bits per heavy atom. The summed E-state index contributed by atoms with van der Waals surface area (Å²) >= 11 is 0. The number of nitrogens with zero attached hydrogens (tertiary/aromatic N) is 1. The molecule has 0 aliphatic heterocycles. The second kappa shape index (κ2) is 14.7. The Balaban J connectivity index is 2.53. The van der Waals surface area contributed by atoms with Gasteiger partial charge in [0.25, 0.3) is 0 Å². The summed E-state index contributed by atoms with van der Waals surface area (Å²) in [5.74, 6) is -0.562. The monoisotopic (exact) mass is 553 g/mol. The lowest BCUT2D eigenvalue weighted by atomic mass is 9.96. The SMILES string of the molecule is CCCCCNC(=O)C(c1ccc(C)c(C)c1)N(C(=O)C(Cc1ccc(O)cc1)NC(=O)OC(C)(C)C)C(C)C. The molecule has 0 aromatic heterocycles. The summed E-state index contributed by atoms with van der Waals surface area (Å²) < 4.78 is 5.47. The number of aromatic hydroxyl groups is 1. The van der Waals surface area contributed by atoms with E-state index in [1.165, 1.54) is 12.1 Å². The molecule has 2 atom stereocenters. The van der Waals surface area contributed by atoms with Gasteiger partial charge < -0.3 is 25.4 Å². The number of ether oxygens (including phenoxy) is 1. The van der Waals surface area contributed by atoms with E-state index >= 15 is 0 Å². The lowest BCUT2D eigenvalue weighted by molar-refractivity contribution is -0.144. The highest BCUT2D eigenvalue weighted by Crippen LogP contribution is 2.27. The summed E-state index contributed by atoms with van der Waals surface area (Å²) in [6.45, 7) is 15.6. The van der Waals surface area contributed by atoms with E-state index in [0.717, 1.165) is 36.0 Å². The fraction of sp³-hybridized carbons (Fsp3) is 0.531. The first-order valence-electron chi connectivity index (χ1n) is 14.2. The average Bonchev–Trinajstić information content (AvgIpc) is 2.86. The Hall–Kier alpha value is -3.55. The van der Waals surface area contributed by atoms with Gasteiger partial charge >= 0.3 is 6.09 Å². The third-order valence-corrected chi connectivity index (χ3v) is 6.63. The van der Waals surface area contributed by atoms with Gasteiger partial charge in [0.05, 0.1) is 0 Å². The Morgan fingerprint density at radius 2 is 1.62 bits per heavy atom. The topological polar surface area (TPSA) is 108 Å². The first kappa shape index (κ1) is 32.7. The van der Waals surface area contributed by atoms with Gasteiger partial charge in [-0.1, -0.05) is 50.1 Å². The van der Waals surface area contributed by atoms with E-state index in [-0.39, 0.29) is 24.1 Å². The Labute approximate surface area is 239 Å². The van der Waals surface area contributed by atoms with Gasteiger partial charge in [-0.15, -0.1) is 0 Å². The minimum atomic E-state index is -1.01. The van der Waals surface area contributed by atoms with E-state index in [0.29, 0.717) is 12.1 Å². The Morgan fingerprint density at radius 1 is 0.975 bits per heavy atom. The van der Waals surface area contributed by atoms with Crippen molar-refractivity contribution in [2.24, 2.45) is 0 Å². The minimum absolute atomic E-state index is 0.102. The summed E-state index contributed by atoms with van der Waals surface area (Å²) in [4.78, 5) is 42.5. The Kier molecular flexibility index (Phi) is 12.0. The number of hydrogen-bond donors (Lipinski definition) is 3. The van der Waals surface area contributed by atoms with E-state index in [9.17, 15) is 19.5 Å². The average molecular weight is 554 g/mol. The molecule has 0 saturated heterocycles. The smallest absolute Gasteiger partial charge is 0.408 e. The zero-order chi connectivity index (χ0) is 30.0. The van der Waals surface area contributed by atoms with E-state index in [2.05, 4.69) is 17.6 Å². The maximum atomic E-state index is 14.3. The fourth-order valence-electron chi connectivity index (χ4n) is 4.43. The highest BCUT2D eigenvalue weighted by Gasteiger charge is 2.38. The second-order valence-electron chi connectivity index (χ2n) is 11.7. The summed E-state index contributed by atoms with van der Waals surface area (Å²) in [6.07, 6.45) is 2.30. The number of rotatable bonds is 12. The third kappa shape index (κ3) is 9.88. The zero-order valence-corrected chi connectivity index (χ0v) is 25.3. The fourth-order valence-corrected chi connectivity index (χ4v) is 4.43. The molecule has 0 bridgehead atoms. The highest BCUT2D eigenvalue weighted by molar-refractivity contribution is 5.92. The van der Waals surface area contributed by atoms with E-state index in [4.69, 9.17) is 4.74 Å². The first-order valence-corrected chi connectivity index (χ1v) is 14.2. The molecule has 8 nitrogen and oxygen atoms in total. The number of phenols is 1. The van der Waals surface area contributed by atoms with Crippen LogP contribution < -0.4 is 10.6 Å². The van der Waals surface area contributed by atoms with Crippen LogP contribution in [0.2, 0.25) is 0 Å². The lowest BCUT2D eigenvalue weighted by Gasteiger charge is -2.37.